The summed E-state index contributed by atoms with van der Waals surface area (Å²) in [5.74, 6) is 0. The second kappa shape index (κ2) is 1.91. The smallest absolute Gasteiger partial charge is 0.133 e. The van der Waals surface area contributed by atoms with E-state index in [0.717, 1.165) is 5.52 Å². The highest BCUT2D eigenvalue weighted by molar-refractivity contribution is 6.34. The molecule has 0 fully saturated rings. The molecule has 0 aliphatic rings. The summed E-state index contributed by atoms with van der Waals surface area (Å²) in [4.78, 5) is 2.89. The summed E-state index contributed by atoms with van der Waals surface area (Å²) in [7, 11) is 0. The van der Waals surface area contributed by atoms with Gasteiger partial charge in [0.2, 0.25) is 0 Å². The molecule has 1 N–H and O–H groups in total. The van der Waals surface area contributed by atoms with Crippen LogP contribution in [0.1, 0.15) is 0 Å². The maximum absolute atomic E-state index is 5.71. The molecule has 4 nitrogen and oxygen atoms in total. The minimum Gasteiger partial charge on any atom is -0.357 e. The van der Waals surface area contributed by atoms with Gasteiger partial charge >= 0.3 is 0 Å². The quantitative estimate of drug-likeness (QED) is 0.616. The molecule has 2 rings (SSSR count). The van der Waals surface area contributed by atoms with Gasteiger partial charge in [0.25, 0.3) is 0 Å². The van der Waals surface area contributed by atoms with E-state index in [2.05, 4.69) is 20.4 Å². The van der Waals surface area contributed by atoms with Crippen molar-refractivity contribution in [2.45, 2.75) is 0 Å². The van der Waals surface area contributed by atoms with Gasteiger partial charge in [0.15, 0.2) is 0 Å². The lowest BCUT2D eigenvalue weighted by atomic mass is 10.5. The van der Waals surface area contributed by atoms with Crippen molar-refractivity contribution in [3.8, 4) is 0 Å². The van der Waals surface area contributed by atoms with E-state index < -0.39 is 0 Å². The van der Waals surface area contributed by atoms with Gasteiger partial charge in [0.05, 0.1) is 16.7 Å². The summed E-state index contributed by atoms with van der Waals surface area (Å²) in [5.41, 5.74) is 1.47. The zero-order chi connectivity index (χ0) is 6.97. The third kappa shape index (κ3) is 0.657. The van der Waals surface area contributed by atoms with Gasteiger partial charge in [0, 0.05) is 6.20 Å². The minimum atomic E-state index is 0.574. The van der Waals surface area contributed by atoms with Crippen LogP contribution in [0.15, 0.2) is 12.4 Å². The van der Waals surface area contributed by atoms with E-state index in [9.17, 15) is 0 Å². The van der Waals surface area contributed by atoms with Crippen molar-refractivity contribution in [3.05, 3.63) is 17.4 Å². The molecule has 0 atom stereocenters. The van der Waals surface area contributed by atoms with Crippen molar-refractivity contribution >= 4 is 22.6 Å². The van der Waals surface area contributed by atoms with Crippen LogP contribution in [0.5, 0.6) is 0 Å². The fourth-order valence-corrected chi connectivity index (χ4v) is 0.955. The van der Waals surface area contributed by atoms with Gasteiger partial charge in [-0.2, -0.15) is 0 Å². The van der Waals surface area contributed by atoms with Crippen LogP contribution in [0, 0.1) is 0 Å². The van der Waals surface area contributed by atoms with Gasteiger partial charge in [-0.3, -0.25) is 0 Å². The molecule has 50 valence electrons. The van der Waals surface area contributed by atoms with E-state index in [-0.39, 0.29) is 0 Å². The number of nitrogens with one attached hydrogen (secondary N) is 1. The van der Waals surface area contributed by atoms with Gasteiger partial charge in [0.1, 0.15) is 5.52 Å². The van der Waals surface area contributed by atoms with Crippen LogP contribution in [0.4, 0.5) is 0 Å². The molecule has 0 spiro atoms. The molecule has 0 saturated heterocycles. The maximum atomic E-state index is 5.71. The van der Waals surface area contributed by atoms with Gasteiger partial charge in [-0.1, -0.05) is 11.6 Å². The van der Waals surface area contributed by atoms with Crippen molar-refractivity contribution in [3.63, 3.8) is 0 Å². The monoisotopic (exact) mass is 154 g/mol. The normalized spacial score (nSPS) is 10.5. The van der Waals surface area contributed by atoms with Gasteiger partial charge < -0.3 is 4.98 Å². The molecule has 0 aromatic carbocycles. The summed E-state index contributed by atoms with van der Waals surface area (Å²) in [5, 5.41) is 11.3. The van der Waals surface area contributed by atoms with E-state index in [1.165, 1.54) is 0 Å². The molecular weight excluding hydrogens is 152 g/mol. The molecule has 0 bridgehead atoms. The minimum absolute atomic E-state index is 0.574. The number of aromatic amines is 1. The Bertz CT molecular complexity index is 355. The third-order valence-electron chi connectivity index (χ3n) is 1.22. The molecule has 2 aromatic heterocycles. The third-order valence-corrected chi connectivity index (χ3v) is 1.51. The first kappa shape index (κ1) is 5.61. The number of fused-ring (bicyclic) bond motifs is 1. The van der Waals surface area contributed by atoms with E-state index in [4.69, 9.17) is 11.6 Å². The molecule has 2 aromatic rings. The number of nitrogens with zero attached hydrogens (tertiary/aromatic N) is 3. The first-order valence-electron chi connectivity index (χ1n) is 2.69. The Morgan fingerprint density at radius 2 is 2.40 bits per heavy atom. The first-order chi connectivity index (χ1) is 4.88. The highest BCUT2D eigenvalue weighted by Crippen LogP contribution is 2.17. The predicted octanol–water partition coefficient (Wildman–Crippen LogP) is 1.01. The summed E-state index contributed by atoms with van der Waals surface area (Å²) in [6, 6.07) is 0. The Morgan fingerprint density at radius 1 is 1.50 bits per heavy atom. The average molecular weight is 155 g/mol. The van der Waals surface area contributed by atoms with Crippen molar-refractivity contribution in [2.75, 3.05) is 0 Å². The van der Waals surface area contributed by atoms with E-state index in [1.807, 2.05) is 0 Å². The van der Waals surface area contributed by atoms with E-state index in [0.29, 0.717) is 10.5 Å². The van der Waals surface area contributed by atoms with Crippen LogP contribution in [0.2, 0.25) is 5.02 Å². The fourth-order valence-electron chi connectivity index (χ4n) is 0.761. The molecule has 0 unspecified atom stereocenters. The molecule has 0 aliphatic carbocycles. The Hall–Kier alpha value is -1.16. The molecule has 0 radical (unpaired) electrons. The Morgan fingerprint density at radius 3 is 3.20 bits per heavy atom. The number of hydrogen-bond acceptors (Lipinski definition) is 3. The van der Waals surface area contributed by atoms with Crippen molar-refractivity contribution in [1.29, 1.82) is 0 Å². The molecule has 10 heavy (non-hydrogen) atoms. The van der Waals surface area contributed by atoms with Crippen LogP contribution in [0.25, 0.3) is 11.0 Å². The Kier molecular flexibility index (Phi) is 1.07. The standard InChI is InChI=1S/C5H3ClN4/c6-3-1-7-4-2-8-10-9-5(3)4/h1-2,7H. The van der Waals surface area contributed by atoms with Crippen LogP contribution in [0.3, 0.4) is 0 Å². The Labute approximate surface area is 61.2 Å². The fraction of sp³-hybridized carbons (Fsp3) is 0. The SMILES string of the molecule is Clc1c[nH]c2cnnnc12. The van der Waals surface area contributed by atoms with Gasteiger partial charge in [-0.05, 0) is 5.21 Å². The summed E-state index contributed by atoms with van der Waals surface area (Å²) in [6.45, 7) is 0. The number of hydrogen-bond donors (Lipinski definition) is 1. The zero-order valence-corrected chi connectivity index (χ0v) is 5.63. The number of halogens is 1. The van der Waals surface area contributed by atoms with Gasteiger partial charge in [-0.15, -0.1) is 10.2 Å². The van der Waals surface area contributed by atoms with Crippen molar-refractivity contribution in [2.24, 2.45) is 0 Å². The highest BCUT2D eigenvalue weighted by Gasteiger charge is 2.00. The number of H-pyrrole nitrogens is 1. The van der Waals surface area contributed by atoms with Crippen LogP contribution in [-0.2, 0) is 0 Å². The van der Waals surface area contributed by atoms with Gasteiger partial charge in [-0.25, -0.2) is 0 Å². The lowest BCUT2D eigenvalue weighted by molar-refractivity contribution is 0.895. The Balaban J connectivity index is 2.93. The number of rotatable bonds is 0. The van der Waals surface area contributed by atoms with Crippen LogP contribution in [-0.4, -0.2) is 20.4 Å². The predicted molar refractivity (Wildman–Crippen MR) is 36.7 cm³/mol. The number of aromatic nitrogens is 4. The maximum Gasteiger partial charge on any atom is 0.133 e. The molecule has 0 amide bonds. The summed E-state index contributed by atoms with van der Waals surface area (Å²) < 4.78 is 0. The molecule has 0 aliphatic heterocycles. The average Bonchev–Trinajstić information content (AvgIpc) is 2.34. The second-order valence-corrected chi connectivity index (χ2v) is 2.24. The molecule has 2 heterocycles. The van der Waals surface area contributed by atoms with Crippen LogP contribution >= 0.6 is 11.6 Å². The highest BCUT2D eigenvalue weighted by atomic mass is 35.5. The first-order valence-corrected chi connectivity index (χ1v) is 3.06. The van der Waals surface area contributed by atoms with Crippen molar-refractivity contribution in [1.82, 2.24) is 20.4 Å². The second-order valence-electron chi connectivity index (χ2n) is 1.83. The zero-order valence-electron chi connectivity index (χ0n) is 4.87. The molecule has 5 heteroatoms. The lowest BCUT2D eigenvalue weighted by Gasteiger charge is -1.82. The topological polar surface area (TPSA) is 54.5 Å². The molecular formula is C5H3ClN4. The summed E-state index contributed by atoms with van der Waals surface area (Å²) >= 11 is 5.71. The lowest BCUT2D eigenvalue weighted by Crippen LogP contribution is -1.83. The molecule has 0 saturated carbocycles. The largest absolute Gasteiger partial charge is 0.357 e. The van der Waals surface area contributed by atoms with Crippen molar-refractivity contribution < 1.29 is 0 Å². The van der Waals surface area contributed by atoms with E-state index in [1.54, 1.807) is 12.4 Å². The van der Waals surface area contributed by atoms with Crippen LogP contribution < -0.4 is 0 Å². The summed E-state index contributed by atoms with van der Waals surface area (Å²) in [6.07, 6.45) is 3.23. The van der Waals surface area contributed by atoms with E-state index >= 15 is 0 Å².